The van der Waals surface area contributed by atoms with Gasteiger partial charge in [-0.25, -0.2) is 4.79 Å². The Hall–Kier alpha value is -1.10. The fourth-order valence-electron chi connectivity index (χ4n) is 2.10. The number of alkyl carbamates (subject to hydrolysis) is 1. The standard InChI is InChI=1S/C13H23NO4/c1-8-10(7-15)17-9(2)13(8,6)14-11(16)18-12(3,4)5/h7-10H,1-6H3,(H,14,16)/t8-,9+,10-,13-/m1/s1. The summed E-state index contributed by atoms with van der Waals surface area (Å²) in [5, 5.41) is 2.83. The molecule has 5 heteroatoms. The lowest BCUT2D eigenvalue weighted by Crippen LogP contribution is -2.55. The SMILES string of the molecule is C[C@@H]1O[C@H](C=O)[C@@H](C)[C@@]1(C)NC(=O)OC(C)(C)C. The summed E-state index contributed by atoms with van der Waals surface area (Å²) in [4.78, 5) is 22.7. The van der Waals surface area contributed by atoms with E-state index in [1.165, 1.54) is 0 Å². The van der Waals surface area contributed by atoms with Crippen LogP contribution in [0.5, 0.6) is 0 Å². The minimum absolute atomic E-state index is 0.0995. The Kier molecular flexibility index (Phi) is 4.05. The molecule has 4 atom stereocenters. The summed E-state index contributed by atoms with van der Waals surface area (Å²) in [6.45, 7) is 11.0. The van der Waals surface area contributed by atoms with E-state index in [-0.39, 0.29) is 12.0 Å². The normalized spacial score (nSPS) is 36.2. The van der Waals surface area contributed by atoms with Crippen LogP contribution < -0.4 is 5.32 Å². The minimum atomic E-state index is -0.603. The van der Waals surface area contributed by atoms with Gasteiger partial charge in [-0.15, -0.1) is 0 Å². The molecule has 0 aromatic rings. The number of nitrogens with one attached hydrogen (secondary N) is 1. The second-order valence-corrected chi connectivity index (χ2v) is 6.08. The van der Waals surface area contributed by atoms with Crippen molar-refractivity contribution in [1.29, 1.82) is 0 Å². The second kappa shape index (κ2) is 4.88. The van der Waals surface area contributed by atoms with E-state index in [0.717, 1.165) is 6.29 Å². The van der Waals surface area contributed by atoms with Gasteiger partial charge >= 0.3 is 6.09 Å². The zero-order chi connectivity index (χ0) is 14.1. The lowest BCUT2D eigenvalue weighted by atomic mass is 9.83. The molecule has 1 aliphatic heterocycles. The monoisotopic (exact) mass is 257 g/mol. The number of amides is 1. The molecule has 1 saturated heterocycles. The number of aldehydes is 1. The van der Waals surface area contributed by atoms with Gasteiger partial charge in [0.1, 0.15) is 18.0 Å². The van der Waals surface area contributed by atoms with Crippen LogP contribution in [0.2, 0.25) is 0 Å². The average Bonchev–Trinajstić information content (AvgIpc) is 2.39. The van der Waals surface area contributed by atoms with Crippen LogP contribution in [0.3, 0.4) is 0 Å². The Bertz CT molecular complexity index is 336. The summed E-state index contributed by atoms with van der Waals surface area (Å²) in [5.41, 5.74) is -1.15. The van der Waals surface area contributed by atoms with Crippen LogP contribution in [0.15, 0.2) is 0 Å². The van der Waals surface area contributed by atoms with Crippen LogP contribution in [0.25, 0.3) is 0 Å². The Morgan fingerprint density at radius 1 is 1.39 bits per heavy atom. The summed E-state index contributed by atoms with van der Waals surface area (Å²) in [6, 6.07) is 0. The van der Waals surface area contributed by atoms with Crippen LogP contribution in [0.4, 0.5) is 4.79 Å². The maximum Gasteiger partial charge on any atom is 0.408 e. The van der Waals surface area contributed by atoms with Crippen molar-refractivity contribution in [2.24, 2.45) is 5.92 Å². The molecule has 1 N–H and O–H groups in total. The maximum absolute atomic E-state index is 11.8. The van der Waals surface area contributed by atoms with E-state index in [4.69, 9.17) is 9.47 Å². The fraction of sp³-hybridized carbons (Fsp3) is 0.846. The lowest BCUT2D eigenvalue weighted by Gasteiger charge is -2.33. The van der Waals surface area contributed by atoms with Crippen LogP contribution in [0.1, 0.15) is 41.5 Å². The molecule has 1 rings (SSSR count). The molecule has 0 radical (unpaired) electrons. The molecular weight excluding hydrogens is 234 g/mol. The third-order valence-electron chi connectivity index (χ3n) is 3.55. The Morgan fingerprint density at radius 2 is 1.94 bits per heavy atom. The van der Waals surface area contributed by atoms with Crippen molar-refractivity contribution in [3.63, 3.8) is 0 Å². The van der Waals surface area contributed by atoms with Crippen LogP contribution in [0, 0.1) is 5.92 Å². The highest BCUT2D eigenvalue weighted by molar-refractivity contribution is 5.69. The van der Waals surface area contributed by atoms with Crippen molar-refractivity contribution >= 4 is 12.4 Å². The summed E-state index contributed by atoms with van der Waals surface area (Å²) < 4.78 is 10.8. The van der Waals surface area contributed by atoms with Gasteiger partial charge < -0.3 is 19.6 Å². The maximum atomic E-state index is 11.8. The van der Waals surface area contributed by atoms with Crippen molar-refractivity contribution in [3.8, 4) is 0 Å². The molecule has 0 saturated carbocycles. The molecule has 0 aromatic heterocycles. The predicted molar refractivity (Wildman–Crippen MR) is 67.3 cm³/mol. The molecule has 0 spiro atoms. The Balaban J connectivity index is 2.75. The highest BCUT2D eigenvalue weighted by Crippen LogP contribution is 2.35. The topological polar surface area (TPSA) is 64.6 Å². The number of rotatable bonds is 2. The molecule has 104 valence electrons. The molecule has 1 amide bonds. The summed E-state index contributed by atoms with van der Waals surface area (Å²) in [6.07, 6.45) is -0.433. The average molecular weight is 257 g/mol. The first-order chi connectivity index (χ1) is 8.10. The predicted octanol–water partition coefficient (Wildman–Crippen LogP) is 1.89. The van der Waals surface area contributed by atoms with Gasteiger partial charge in [-0.05, 0) is 34.6 Å². The van der Waals surface area contributed by atoms with E-state index in [0.29, 0.717) is 0 Å². The molecule has 1 aliphatic rings. The van der Waals surface area contributed by atoms with Gasteiger partial charge in [0.15, 0.2) is 0 Å². The van der Waals surface area contributed by atoms with Crippen LogP contribution in [-0.2, 0) is 14.3 Å². The molecule has 0 aromatic carbocycles. The van der Waals surface area contributed by atoms with Gasteiger partial charge in [0.25, 0.3) is 0 Å². The number of ether oxygens (including phenoxy) is 2. The first-order valence-electron chi connectivity index (χ1n) is 6.22. The van der Waals surface area contributed by atoms with E-state index in [1.807, 2.05) is 20.8 Å². The largest absolute Gasteiger partial charge is 0.444 e. The van der Waals surface area contributed by atoms with Crippen molar-refractivity contribution in [2.75, 3.05) is 0 Å². The smallest absolute Gasteiger partial charge is 0.408 e. The second-order valence-electron chi connectivity index (χ2n) is 6.08. The highest BCUT2D eigenvalue weighted by Gasteiger charge is 2.50. The van der Waals surface area contributed by atoms with Crippen LogP contribution >= 0.6 is 0 Å². The fourth-order valence-corrected chi connectivity index (χ4v) is 2.10. The number of carbonyl (C=O) groups excluding carboxylic acids is 2. The summed E-state index contributed by atoms with van der Waals surface area (Å²) >= 11 is 0. The van der Waals surface area contributed by atoms with Gasteiger partial charge in [0.05, 0.1) is 11.6 Å². The first-order valence-corrected chi connectivity index (χ1v) is 6.22. The quantitative estimate of drug-likeness (QED) is 0.767. The molecule has 1 heterocycles. The molecule has 1 fully saturated rings. The van der Waals surface area contributed by atoms with Crippen molar-refractivity contribution in [2.45, 2.75) is 64.9 Å². The van der Waals surface area contributed by atoms with Gasteiger partial charge in [0, 0.05) is 5.92 Å². The molecule has 0 aliphatic carbocycles. The Morgan fingerprint density at radius 3 is 2.33 bits per heavy atom. The van der Waals surface area contributed by atoms with Crippen LogP contribution in [-0.4, -0.2) is 35.7 Å². The molecule has 0 unspecified atom stereocenters. The third kappa shape index (κ3) is 3.02. The van der Waals surface area contributed by atoms with E-state index >= 15 is 0 Å². The van der Waals surface area contributed by atoms with Crippen molar-refractivity contribution in [1.82, 2.24) is 5.32 Å². The van der Waals surface area contributed by atoms with Gasteiger partial charge in [-0.2, -0.15) is 0 Å². The highest BCUT2D eigenvalue weighted by atomic mass is 16.6. The third-order valence-corrected chi connectivity index (χ3v) is 3.55. The van der Waals surface area contributed by atoms with E-state index in [1.54, 1.807) is 20.8 Å². The van der Waals surface area contributed by atoms with Crippen molar-refractivity contribution < 1.29 is 19.1 Å². The van der Waals surface area contributed by atoms with E-state index < -0.39 is 23.3 Å². The summed E-state index contributed by atoms with van der Waals surface area (Å²) in [5.74, 6) is -0.0995. The van der Waals surface area contributed by atoms with E-state index in [9.17, 15) is 9.59 Å². The first kappa shape index (κ1) is 15.0. The van der Waals surface area contributed by atoms with Gasteiger partial charge in [-0.1, -0.05) is 6.92 Å². The molecule has 18 heavy (non-hydrogen) atoms. The summed E-state index contributed by atoms with van der Waals surface area (Å²) in [7, 11) is 0. The zero-order valence-corrected chi connectivity index (χ0v) is 11.9. The Labute approximate surface area is 108 Å². The number of carbonyl (C=O) groups is 2. The van der Waals surface area contributed by atoms with Gasteiger partial charge in [-0.3, -0.25) is 0 Å². The number of hydrogen-bond acceptors (Lipinski definition) is 4. The minimum Gasteiger partial charge on any atom is -0.444 e. The lowest BCUT2D eigenvalue weighted by molar-refractivity contribution is -0.118. The van der Waals surface area contributed by atoms with Gasteiger partial charge in [0.2, 0.25) is 0 Å². The number of hydrogen-bond donors (Lipinski definition) is 1. The molecule has 5 nitrogen and oxygen atoms in total. The molecule has 0 bridgehead atoms. The zero-order valence-electron chi connectivity index (χ0n) is 11.9. The van der Waals surface area contributed by atoms with Crippen molar-refractivity contribution in [3.05, 3.63) is 0 Å². The van der Waals surface area contributed by atoms with E-state index in [2.05, 4.69) is 5.32 Å². The molecular formula is C13H23NO4.